The van der Waals surface area contributed by atoms with Gasteiger partial charge in [0.25, 0.3) is 0 Å². The van der Waals surface area contributed by atoms with Crippen molar-refractivity contribution in [1.82, 2.24) is 16.0 Å². The minimum absolute atomic E-state index is 0.0225. The molecule has 0 aromatic rings. The Kier molecular flexibility index (Phi) is 9.17. The second kappa shape index (κ2) is 9.91. The molecule has 0 aliphatic carbocycles. The lowest BCUT2D eigenvalue weighted by molar-refractivity contribution is -0.137. The van der Waals surface area contributed by atoms with Gasteiger partial charge in [0.15, 0.2) is 0 Å². The minimum Gasteiger partial charge on any atom is -0.481 e. The lowest BCUT2D eigenvalue weighted by Gasteiger charge is -2.06. The predicted molar refractivity (Wildman–Crippen MR) is 65.0 cm³/mol. The molecule has 0 spiro atoms. The Bertz CT molecular complexity index is 273. The molecule has 0 saturated carbocycles. The summed E-state index contributed by atoms with van der Waals surface area (Å²) in [6.45, 7) is 0.992. The number of carboxylic acids is 1. The van der Waals surface area contributed by atoms with Gasteiger partial charge < -0.3 is 21.1 Å². The average molecular weight is 263 g/mol. The predicted octanol–water partition coefficient (Wildman–Crippen LogP) is -1.79. The Morgan fingerprint density at radius 3 is 2.12 bits per heavy atom. The van der Waals surface area contributed by atoms with Crippen molar-refractivity contribution in [3.63, 3.8) is 0 Å². The second-order valence-corrected chi connectivity index (χ2v) is 3.49. The zero-order valence-corrected chi connectivity index (χ0v) is 10.3. The third kappa shape index (κ3) is 11.0. The lowest BCUT2D eigenvalue weighted by Crippen LogP contribution is -2.39. The highest BCUT2D eigenvalue weighted by Crippen LogP contribution is 1.75. The van der Waals surface area contributed by atoms with Crippen LogP contribution >= 0.6 is 12.6 Å². The fourth-order valence-corrected chi connectivity index (χ4v) is 1.03. The van der Waals surface area contributed by atoms with Crippen LogP contribution in [-0.2, 0) is 14.4 Å². The molecule has 0 radical (unpaired) electrons. The van der Waals surface area contributed by atoms with Gasteiger partial charge in [-0.15, -0.1) is 0 Å². The number of carbonyl (C=O) groups is 3. The van der Waals surface area contributed by atoms with Gasteiger partial charge in [0.2, 0.25) is 11.8 Å². The maximum atomic E-state index is 11.2. The van der Waals surface area contributed by atoms with E-state index in [1.165, 1.54) is 0 Å². The van der Waals surface area contributed by atoms with Crippen LogP contribution in [0.3, 0.4) is 0 Å². The van der Waals surface area contributed by atoms with Crippen LogP contribution in [0.5, 0.6) is 0 Å². The summed E-state index contributed by atoms with van der Waals surface area (Å²) in [5.74, 6) is -1.23. The van der Waals surface area contributed by atoms with E-state index in [-0.39, 0.29) is 37.1 Å². The number of hydrogen-bond acceptors (Lipinski definition) is 5. The zero-order valence-electron chi connectivity index (χ0n) is 9.36. The smallest absolute Gasteiger partial charge is 0.304 e. The molecule has 0 saturated heterocycles. The monoisotopic (exact) mass is 263 g/mol. The molecule has 0 atom stereocenters. The Morgan fingerprint density at radius 2 is 1.59 bits per heavy atom. The van der Waals surface area contributed by atoms with Crippen molar-refractivity contribution in [3.8, 4) is 0 Å². The third-order valence-corrected chi connectivity index (χ3v) is 2.00. The van der Waals surface area contributed by atoms with E-state index < -0.39 is 5.97 Å². The highest BCUT2D eigenvalue weighted by Gasteiger charge is 2.01. The van der Waals surface area contributed by atoms with Crippen molar-refractivity contribution in [2.45, 2.75) is 6.42 Å². The fraction of sp³-hybridized carbons (Fsp3) is 0.667. The molecule has 0 fully saturated rings. The van der Waals surface area contributed by atoms with Crippen molar-refractivity contribution in [1.29, 1.82) is 0 Å². The van der Waals surface area contributed by atoms with Gasteiger partial charge in [-0.25, -0.2) is 0 Å². The third-order valence-electron chi connectivity index (χ3n) is 1.71. The Labute approximate surface area is 105 Å². The maximum absolute atomic E-state index is 11.2. The summed E-state index contributed by atoms with van der Waals surface area (Å²) in [4.78, 5) is 32.1. The van der Waals surface area contributed by atoms with E-state index in [4.69, 9.17) is 5.11 Å². The Morgan fingerprint density at radius 1 is 1.00 bits per heavy atom. The second-order valence-electron chi connectivity index (χ2n) is 3.18. The number of carbonyl (C=O) groups excluding carboxylic acids is 2. The number of amides is 2. The molecular weight excluding hydrogens is 246 g/mol. The first-order valence-corrected chi connectivity index (χ1v) is 5.76. The van der Waals surface area contributed by atoms with E-state index in [2.05, 4.69) is 28.6 Å². The summed E-state index contributed by atoms with van der Waals surface area (Å²) in [6.07, 6.45) is -0.0225. The molecule has 0 bridgehead atoms. The lowest BCUT2D eigenvalue weighted by atomic mass is 10.4. The molecule has 0 rings (SSSR count). The number of thiol groups is 1. The van der Waals surface area contributed by atoms with Crippen LogP contribution < -0.4 is 16.0 Å². The van der Waals surface area contributed by atoms with Crippen LogP contribution in [0.25, 0.3) is 0 Å². The number of aliphatic carboxylic acids is 1. The molecular formula is C9H17N3O4S. The van der Waals surface area contributed by atoms with Crippen LogP contribution in [0.4, 0.5) is 0 Å². The summed E-state index contributed by atoms with van der Waals surface area (Å²) in [5.41, 5.74) is 0. The average Bonchev–Trinajstić information content (AvgIpc) is 2.29. The molecule has 0 unspecified atom stereocenters. The van der Waals surface area contributed by atoms with E-state index >= 15 is 0 Å². The molecule has 2 amide bonds. The van der Waals surface area contributed by atoms with Crippen LogP contribution in [0, 0.1) is 0 Å². The van der Waals surface area contributed by atoms with Gasteiger partial charge >= 0.3 is 5.97 Å². The molecule has 0 aliphatic heterocycles. The number of rotatable bonds is 9. The van der Waals surface area contributed by atoms with Gasteiger partial charge in [-0.2, -0.15) is 12.6 Å². The largest absolute Gasteiger partial charge is 0.481 e. The Hall–Kier alpha value is -1.28. The van der Waals surface area contributed by atoms with Crippen molar-refractivity contribution < 1.29 is 19.5 Å². The highest BCUT2D eigenvalue weighted by molar-refractivity contribution is 7.81. The summed E-state index contributed by atoms with van der Waals surface area (Å²) < 4.78 is 0. The van der Waals surface area contributed by atoms with E-state index in [0.717, 1.165) is 0 Å². The topological polar surface area (TPSA) is 108 Å². The maximum Gasteiger partial charge on any atom is 0.304 e. The molecule has 7 nitrogen and oxygen atoms in total. The molecule has 98 valence electrons. The molecule has 4 N–H and O–H groups in total. The first kappa shape index (κ1) is 15.7. The SMILES string of the molecule is O=C(O)CCNCC(=O)NCCNC(=O)CS. The summed E-state index contributed by atoms with van der Waals surface area (Å²) in [6, 6.07) is 0. The fourth-order valence-electron chi connectivity index (χ4n) is 0.919. The number of hydrogen-bond donors (Lipinski definition) is 5. The van der Waals surface area contributed by atoms with Gasteiger partial charge in [-0.3, -0.25) is 14.4 Å². The quantitative estimate of drug-likeness (QED) is 0.249. The summed E-state index contributed by atoms with van der Waals surface area (Å²) >= 11 is 3.77. The number of nitrogens with one attached hydrogen (secondary N) is 3. The molecule has 0 heterocycles. The first-order chi connectivity index (χ1) is 8.06. The standard InChI is InChI=1S/C9H17N3O4S/c13-7(5-10-2-1-9(15)16)11-3-4-12-8(14)6-17/h10,17H,1-6H2,(H,11,13)(H,12,14)(H,15,16). The van der Waals surface area contributed by atoms with E-state index in [0.29, 0.717) is 13.1 Å². The molecule has 0 aliphatic rings. The van der Waals surface area contributed by atoms with Crippen molar-refractivity contribution in [2.24, 2.45) is 0 Å². The van der Waals surface area contributed by atoms with Gasteiger partial charge in [0.05, 0.1) is 18.7 Å². The van der Waals surface area contributed by atoms with E-state index in [9.17, 15) is 14.4 Å². The number of carboxylic acid groups (broad SMARTS) is 1. The molecule has 17 heavy (non-hydrogen) atoms. The van der Waals surface area contributed by atoms with E-state index in [1.54, 1.807) is 0 Å². The minimum atomic E-state index is -0.910. The van der Waals surface area contributed by atoms with E-state index in [1.807, 2.05) is 0 Å². The van der Waals surface area contributed by atoms with Gasteiger partial charge in [-0.05, 0) is 0 Å². The van der Waals surface area contributed by atoms with Crippen LogP contribution in [0.2, 0.25) is 0 Å². The van der Waals surface area contributed by atoms with Crippen molar-refractivity contribution in [3.05, 3.63) is 0 Å². The van der Waals surface area contributed by atoms with Gasteiger partial charge in [0.1, 0.15) is 0 Å². The summed E-state index contributed by atoms with van der Waals surface area (Å²) in [5, 5.41) is 16.1. The molecule has 8 heteroatoms. The van der Waals surface area contributed by atoms with Crippen LogP contribution in [-0.4, -0.2) is 54.8 Å². The van der Waals surface area contributed by atoms with Gasteiger partial charge in [0, 0.05) is 19.6 Å². The molecule has 0 aromatic carbocycles. The highest BCUT2D eigenvalue weighted by atomic mass is 32.1. The normalized spacial score (nSPS) is 9.71. The Balaban J connectivity index is 3.35. The van der Waals surface area contributed by atoms with Crippen LogP contribution in [0.1, 0.15) is 6.42 Å². The van der Waals surface area contributed by atoms with Crippen LogP contribution in [0.15, 0.2) is 0 Å². The van der Waals surface area contributed by atoms with Gasteiger partial charge in [-0.1, -0.05) is 0 Å². The summed E-state index contributed by atoms with van der Waals surface area (Å²) in [7, 11) is 0. The zero-order chi connectivity index (χ0) is 13.1. The van der Waals surface area contributed by atoms with Crippen molar-refractivity contribution >= 4 is 30.4 Å². The van der Waals surface area contributed by atoms with Crippen molar-refractivity contribution in [2.75, 3.05) is 31.9 Å². The first-order valence-electron chi connectivity index (χ1n) is 5.13. The molecule has 0 aromatic heterocycles.